The van der Waals surface area contributed by atoms with Gasteiger partial charge in [0.15, 0.2) is 5.82 Å². The van der Waals surface area contributed by atoms with Crippen LogP contribution < -0.4 is 5.32 Å². The number of anilines is 1. The molecule has 0 saturated heterocycles. The summed E-state index contributed by atoms with van der Waals surface area (Å²) in [4.78, 5) is 17.0. The highest BCUT2D eigenvalue weighted by Gasteiger charge is 2.13. The van der Waals surface area contributed by atoms with E-state index in [0.717, 1.165) is 5.52 Å². The smallest absolute Gasteiger partial charge is 0.256 e. The Bertz CT molecular complexity index is 1420. The van der Waals surface area contributed by atoms with Crippen molar-refractivity contribution < 1.29 is 13.6 Å². The Balaban J connectivity index is 1.38. The van der Waals surface area contributed by atoms with Gasteiger partial charge in [0.25, 0.3) is 5.91 Å². The highest BCUT2D eigenvalue weighted by atomic mass is 19.1. The monoisotopic (exact) mass is 415 g/mol. The molecule has 5 rings (SSSR count). The number of aromatic nitrogens is 4. The molecule has 3 aromatic carbocycles. The lowest BCUT2D eigenvalue weighted by molar-refractivity contribution is 0.102. The Morgan fingerprint density at radius 3 is 2.55 bits per heavy atom. The number of rotatable bonds is 4. The number of carbonyl (C=O) groups is 1. The molecular weight excluding hydrogens is 400 g/mol. The standard InChI is InChI=1S/C23H15F2N5O/c24-16-4-1-3-14(9-16)19-12-22(29-28-19)27-23(31)15-7-8-21-20(10-15)26-13-30(21)18-6-2-5-17(25)11-18/h1-13H,(H2,27,28,29,31). The van der Waals surface area contributed by atoms with Crippen LogP contribution in [0.3, 0.4) is 0 Å². The van der Waals surface area contributed by atoms with E-state index in [9.17, 15) is 13.6 Å². The second kappa shape index (κ2) is 7.49. The van der Waals surface area contributed by atoms with Gasteiger partial charge in [-0.25, -0.2) is 13.8 Å². The first-order valence-electron chi connectivity index (χ1n) is 9.42. The van der Waals surface area contributed by atoms with E-state index in [-0.39, 0.29) is 17.5 Å². The van der Waals surface area contributed by atoms with Gasteiger partial charge in [0.2, 0.25) is 0 Å². The van der Waals surface area contributed by atoms with Crippen LogP contribution in [-0.2, 0) is 0 Å². The van der Waals surface area contributed by atoms with Crippen molar-refractivity contribution in [1.29, 1.82) is 0 Å². The molecule has 6 nitrogen and oxygen atoms in total. The first kappa shape index (κ1) is 18.7. The summed E-state index contributed by atoms with van der Waals surface area (Å²) in [6, 6.07) is 19.0. The van der Waals surface area contributed by atoms with Crippen molar-refractivity contribution in [1.82, 2.24) is 19.7 Å². The number of hydrogen-bond acceptors (Lipinski definition) is 3. The summed E-state index contributed by atoms with van der Waals surface area (Å²) in [6.07, 6.45) is 1.58. The fraction of sp³-hybridized carbons (Fsp3) is 0. The summed E-state index contributed by atoms with van der Waals surface area (Å²) in [5, 5.41) is 9.57. The summed E-state index contributed by atoms with van der Waals surface area (Å²) in [7, 11) is 0. The Labute approximate surface area is 175 Å². The van der Waals surface area contributed by atoms with Crippen molar-refractivity contribution in [3.05, 3.63) is 96.3 Å². The maximum atomic E-state index is 13.6. The second-order valence-electron chi connectivity index (χ2n) is 6.93. The molecule has 0 fully saturated rings. The van der Waals surface area contributed by atoms with Crippen molar-refractivity contribution in [2.24, 2.45) is 0 Å². The van der Waals surface area contributed by atoms with E-state index in [1.165, 1.54) is 24.3 Å². The molecule has 2 N–H and O–H groups in total. The van der Waals surface area contributed by atoms with Crippen LogP contribution in [0.4, 0.5) is 14.6 Å². The third-order valence-electron chi connectivity index (χ3n) is 4.85. The minimum absolute atomic E-state index is 0.314. The Hall–Kier alpha value is -4.33. The van der Waals surface area contributed by atoms with E-state index in [0.29, 0.717) is 33.8 Å². The van der Waals surface area contributed by atoms with Crippen LogP contribution in [0.5, 0.6) is 0 Å². The lowest BCUT2D eigenvalue weighted by atomic mass is 10.1. The highest BCUT2D eigenvalue weighted by Crippen LogP contribution is 2.23. The first-order valence-corrected chi connectivity index (χ1v) is 9.42. The average Bonchev–Trinajstić information content (AvgIpc) is 3.40. The topological polar surface area (TPSA) is 75.6 Å². The quantitative estimate of drug-likeness (QED) is 0.436. The summed E-state index contributed by atoms with van der Waals surface area (Å²) < 4.78 is 28.7. The van der Waals surface area contributed by atoms with Crippen LogP contribution >= 0.6 is 0 Å². The number of nitrogens with zero attached hydrogens (tertiary/aromatic N) is 3. The van der Waals surface area contributed by atoms with Gasteiger partial charge in [-0.15, -0.1) is 0 Å². The molecule has 0 aliphatic carbocycles. The van der Waals surface area contributed by atoms with Gasteiger partial charge in [0.1, 0.15) is 18.0 Å². The van der Waals surface area contributed by atoms with Crippen molar-refractivity contribution in [3.8, 4) is 16.9 Å². The number of aromatic amines is 1. The van der Waals surface area contributed by atoms with Crippen molar-refractivity contribution in [2.45, 2.75) is 0 Å². The van der Waals surface area contributed by atoms with Gasteiger partial charge in [-0.05, 0) is 48.5 Å². The molecule has 0 aliphatic heterocycles. The van der Waals surface area contributed by atoms with Gasteiger partial charge in [-0.2, -0.15) is 5.10 Å². The number of hydrogen-bond donors (Lipinski definition) is 2. The average molecular weight is 415 g/mol. The summed E-state index contributed by atoms with van der Waals surface area (Å²) >= 11 is 0. The zero-order valence-corrected chi connectivity index (χ0v) is 16.0. The van der Waals surface area contributed by atoms with Gasteiger partial charge < -0.3 is 5.32 Å². The Morgan fingerprint density at radius 2 is 1.74 bits per heavy atom. The second-order valence-corrected chi connectivity index (χ2v) is 6.93. The number of fused-ring (bicyclic) bond motifs is 1. The van der Waals surface area contributed by atoms with E-state index >= 15 is 0 Å². The molecule has 2 aromatic heterocycles. The molecule has 5 aromatic rings. The zero-order valence-electron chi connectivity index (χ0n) is 16.0. The van der Waals surface area contributed by atoms with Crippen LogP contribution in [0.1, 0.15) is 10.4 Å². The zero-order chi connectivity index (χ0) is 21.4. The third-order valence-corrected chi connectivity index (χ3v) is 4.85. The highest BCUT2D eigenvalue weighted by molar-refractivity contribution is 6.05. The van der Waals surface area contributed by atoms with Crippen molar-refractivity contribution in [2.75, 3.05) is 5.32 Å². The normalized spacial score (nSPS) is 11.0. The van der Waals surface area contributed by atoms with E-state index in [2.05, 4.69) is 20.5 Å². The number of amides is 1. The molecule has 0 aliphatic rings. The maximum absolute atomic E-state index is 13.6. The fourth-order valence-corrected chi connectivity index (χ4v) is 3.36. The molecule has 1 amide bonds. The molecule has 8 heteroatoms. The number of carbonyl (C=O) groups excluding carboxylic acids is 1. The number of benzene rings is 3. The Kier molecular flexibility index (Phi) is 4.51. The molecule has 0 spiro atoms. The summed E-state index contributed by atoms with van der Waals surface area (Å²) in [5.41, 5.74) is 3.58. The van der Waals surface area contributed by atoms with Crippen LogP contribution in [0.15, 0.2) is 79.1 Å². The first-order chi connectivity index (χ1) is 15.1. The predicted molar refractivity (Wildman–Crippen MR) is 113 cm³/mol. The Morgan fingerprint density at radius 1 is 0.935 bits per heavy atom. The molecule has 0 unspecified atom stereocenters. The lowest BCUT2D eigenvalue weighted by Crippen LogP contribution is -2.12. The maximum Gasteiger partial charge on any atom is 0.256 e. The molecule has 0 bridgehead atoms. The van der Waals surface area contributed by atoms with E-state index < -0.39 is 0 Å². The van der Waals surface area contributed by atoms with Crippen molar-refractivity contribution in [3.63, 3.8) is 0 Å². The van der Waals surface area contributed by atoms with Crippen LogP contribution in [0.25, 0.3) is 28.0 Å². The van der Waals surface area contributed by atoms with Gasteiger partial charge in [0.05, 0.1) is 22.4 Å². The summed E-state index contributed by atoms with van der Waals surface area (Å²) in [5.74, 6) is -0.746. The molecule has 152 valence electrons. The number of nitrogens with one attached hydrogen (secondary N) is 2. The van der Waals surface area contributed by atoms with Crippen LogP contribution in [0.2, 0.25) is 0 Å². The number of H-pyrrole nitrogens is 1. The molecule has 0 atom stereocenters. The van der Waals surface area contributed by atoms with E-state index in [4.69, 9.17) is 0 Å². The predicted octanol–water partition coefficient (Wildman–Crippen LogP) is 4.95. The molecule has 0 saturated carbocycles. The summed E-state index contributed by atoms with van der Waals surface area (Å²) in [6.45, 7) is 0. The van der Waals surface area contributed by atoms with Gasteiger partial charge in [-0.3, -0.25) is 14.5 Å². The molecule has 0 radical (unpaired) electrons. The van der Waals surface area contributed by atoms with Gasteiger partial charge >= 0.3 is 0 Å². The largest absolute Gasteiger partial charge is 0.305 e. The minimum atomic E-state index is -0.362. The molecule has 2 heterocycles. The SMILES string of the molecule is O=C(Nc1cc(-c2cccc(F)c2)[nH]n1)c1ccc2c(c1)ncn2-c1cccc(F)c1. The van der Waals surface area contributed by atoms with E-state index in [1.54, 1.807) is 59.4 Å². The van der Waals surface area contributed by atoms with Crippen molar-refractivity contribution >= 4 is 22.8 Å². The van der Waals surface area contributed by atoms with Gasteiger partial charge in [-0.1, -0.05) is 18.2 Å². The minimum Gasteiger partial charge on any atom is -0.305 e. The number of halogens is 2. The fourth-order valence-electron chi connectivity index (χ4n) is 3.36. The third kappa shape index (κ3) is 3.66. The van der Waals surface area contributed by atoms with Crippen LogP contribution in [-0.4, -0.2) is 25.7 Å². The molecular formula is C23H15F2N5O. The van der Waals surface area contributed by atoms with Gasteiger partial charge in [0, 0.05) is 17.2 Å². The number of imidazole rings is 1. The molecule has 31 heavy (non-hydrogen) atoms. The van der Waals surface area contributed by atoms with Crippen LogP contribution in [0, 0.1) is 11.6 Å². The lowest BCUT2D eigenvalue weighted by Gasteiger charge is -2.05. The van der Waals surface area contributed by atoms with E-state index in [1.807, 2.05) is 0 Å².